The third kappa shape index (κ3) is 4.54. The fourth-order valence-corrected chi connectivity index (χ4v) is 2.79. The second-order valence-corrected chi connectivity index (χ2v) is 6.50. The van der Waals surface area contributed by atoms with Gasteiger partial charge in [0.2, 0.25) is 5.95 Å². The summed E-state index contributed by atoms with van der Waals surface area (Å²) in [6, 6.07) is 3.64. The van der Waals surface area contributed by atoms with E-state index < -0.39 is 0 Å². The van der Waals surface area contributed by atoms with E-state index in [4.69, 9.17) is 0 Å². The van der Waals surface area contributed by atoms with Gasteiger partial charge >= 0.3 is 0 Å². The van der Waals surface area contributed by atoms with Crippen LogP contribution in [-0.4, -0.2) is 70.2 Å². The molecule has 2 aromatic rings. The molecule has 8 heteroatoms. The van der Waals surface area contributed by atoms with Crippen LogP contribution >= 0.6 is 0 Å². The second-order valence-electron chi connectivity index (χ2n) is 6.50. The van der Waals surface area contributed by atoms with Crippen molar-refractivity contribution in [3.05, 3.63) is 35.9 Å². The van der Waals surface area contributed by atoms with Gasteiger partial charge in [0.1, 0.15) is 5.69 Å². The van der Waals surface area contributed by atoms with Crippen molar-refractivity contribution in [2.45, 2.75) is 19.8 Å². The minimum Gasteiger partial charge on any atom is -0.349 e. The summed E-state index contributed by atoms with van der Waals surface area (Å²) in [6.07, 6.45) is 3.54. The van der Waals surface area contributed by atoms with Gasteiger partial charge in [0.05, 0.1) is 0 Å². The number of carbonyl (C=O) groups is 1. The Balaban J connectivity index is 1.39. The number of hydrogen-bond donors (Lipinski definition) is 2. The van der Waals surface area contributed by atoms with E-state index in [1.807, 2.05) is 12.1 Å². The molecular weight excluding hydrogens is 318 g/mol. The molecule has 3 heterocycles. The fraction of sp³-hybridized carbons (Fsp3) is 0.529. The average Bonchev–Trinajstić information content (AvgIpc) is 3.14. The number of hydrogen-bond acceptors (Lipinski definition) is 6. The number of anilines is 1. The third-order valence-corrected chi connectivity index (χ3v) is 4.37. The van der Waals surface area contributed by atoms with Crippen LogP contribution in [0.25, 0.3) is 0 Å². The molecule has 25 heavy (non-hydrogen) atoms. The fourth-order valence-electron chi connectivity index (χ4n) is 2.79. The molecule has 1 aliphatic rings. The molecule has 0 aromatic carbocycles. The van der Waals surface area contributed by atoms with E-state index in [1.165, 1.54) is 0 Å². The maximum absolute atomic E-state index is 12.1. The number of nitrogens with zero attached hydrogens (tertiary/aromatic N) is 5. The first-order valence-electron chi connectivity index (χ1n) is 8.71. The quantitative estimate of drug-likeness (QED) is 0.809. The van der Waals surface area contributed by atoms with Gasteiger partial charge in [-0.2, -0.15) is 5.10 Å². The number of carbonyl (C=O) groups excluding carboxylic acids is 1. The molecule has 0 aliphatic carbocycles. The van der Waals surface area contributed by atoms with Crippen LogP contribution < -0.4 is 10.2 Å². The lowest BCUT2D eigenvalue weighted by Gasteiger charge is -2.34. The zero-order chi connectivity index (χ0) is 17.6. The normalized spacial score (nSPS) is 15.6. The Morgan fingerprint density at radius 2 is 1.96 bits per heavy atom. The number of aromatic nitrogens is 4. The molecule has 134 valence electrons. The number of amides is 1. The van der Waals surface area contributed by atoms with Crippen LogP contribution in [0.2, 0.25) is 0 Å². The molecule has 0 spiro atoms. The first-order valence-corrected chi connectivity index (χ1v) is 8.71. The van der Waals surface area contributed by atoms with Crippen LogP contribution in [0.1, 0.15) is 35.9 Å². The number of nitrogens with one attached hydrogen (secondary N) is 2. The van der Waals surface area contributed by atoms with Gasteiger partial charge in [0.25, 0.3) is 5.91 Å². The van der Waals surface area contributed by atoms with Gasteiger partial charge < -0.3 is 10.2 Å². The molecule has 8 nitrogen and oxygen atoms in total. The molecule has 0 atom stereocenters. The summed E-state index contributed by atoms with van der Waals surface area (Å²) in [5, 5.41) is 9.92. The molecule has 0 radical (unpaired) electrons. The summed E-state index contributed by atoms with van der Waals surface area (Å²) in [5.74, 6) is 0.994. The monoisotopic (exact) mass is 343 g/mol. The maximum Gasteiger partial charge on any atom is 0.271 e. The summed E-state index contributed by atoms with van der Waals surface area (Å²) >= 11 is 0. The van der Waals surface area contributed by atoms with E-state index in [9.17, 15) is 4.79 Å². The van der Waals surface area contributed by atoms with Gasteiger partial charge in [0, 0.05) is 57.4 Å². The summed E-state index contributed by atoms with van der Waals surface area (Å²) in [5.41, 5.74) is 1.43. The zero-order valence-corrected chi connectivity index (χ0v) is 14.8. The van der Waals surface area contributed by atoms with Crippen LogP contribution in [0.3, 0.4) is 0 Å². The van der Waals surface area contributed by atoms with E-state index in [1.54, 1.807) is 12.4 Å². The van der Waals surface area contributed by atoms with E-state index in [-0.39, 0.29) is 5.91 Å². The predicted molar refractivity (Wildman–Crippen MR) is 95.7 cm³/mol. The lowest BCUT2D eigenvalue weighted by atomic mass is 10.1. The molecule has 0 saturated carbocycles. The van der Waals surface area contributed by atoms with Crippen molar-refractivity contribution in [3.63, 3.8) is 0 Å². The minimum absolute atomic E-state index is 0.125. The molecule has 1 fully saturated rings. The summed E-state index contributed by atoms with van der Waals surface area (Å²) in [6.45, 7) is 9.25. The second kappa shape index (κ2) is 8.06. The van der Waals surface area contributed by atoms with Crippen molar-refractivity contribution in [1.82, 2.24) is 30.4 Å². The summed E-state index contributed by atoms with van der Waals surface area (Å²) in [4.78, 5) is 25.2. The summed E-state index contributed by atoms with van der Waals surface area (Å²) < 4.78 is 0. The summed E-state index contributed by atoms with van der Waals surface area (Å²) in [7, 11) is 0. The minimum atomic E-state index is -0.125. The van der Waals surface area contributed by atoms with Crippen molar-refractivity contribution in [2.24, 2.45) is 0 Å². The molecule has 1 aliphatic heterocycles. The highest BCUT2D eigenvalue weighted by atomic mass is 16.1. The van der Waals surface area contributed by atoms with Crippen molar-refractivity contribution in [1.29, 1.82) is 0 Å². The number of H-pyrrole nitrogens is 1. The van der Waals surface area contributed by atoms with Gasteiger partial charge in [-0.15, -0.1) is 0 Å². The first-order chi connectivity index (χ1) is 12.1. The van der Waals surface area contributed by atoms with Crippen LogP contribution in [0.5, 0.6) is 0 Å². The maximum atomic E-state index is 12.1. The topological polar surface area (TPSA) is 90.0 Å². The zero-order valence-electron chi connectivity index (χ0n) is 14.8. The van der Waals surface area contributed by atoms with Gasteiger partial charge in [-0.05, 0) is 18.1 Å². The van der Waals surface area contributed by atoms with Crippen LogP contribution in [0.15, 0.2) is 24.5 Å². The number of aromatic amines is 1. The van der Waals surface area contributed by atoms with Crippen LogP contribution in [0, 0.1) is 0 Å². The Labute approximate surface area is 147 Å². The predicted octanol–water partition coefficient (Wildman–Crippen LogP) is 0.875. The molecule has 2 aromatic heterocycles. The Bertz CT molecular complexity index is 677. The Morgan fingerprint density at radius 3 is 2.60 bits per heavy atom. The van der Waals surface area contributed by atoms with Gasteiger partial charge in [-0.3, -0.25) is 14.8 Å². The standard InChI is InChI=1S/C17H25N7O/c1-13(2)14-12-15(22-21-14)16(25)18-6-7-23-8-10-24(11-9-23)17-19-4-3-5-20-17/h3-5,12-13H,6-11H2,1-2H3,(H,18,25)(H,21,22). The highest BCUT2D eigenvalue weighted by Crippen LogP contribution is 2.12. The number of piperazine rings is 1. The van der Waals surface area contributed by atoms with Crippen LogP contribution in [0.4, 0.5) is 5.95 Å². The third-order valence-electron chi connectivity index (χ3n) is 4.37. The van der Waals surface area contributed by atoms with Crippen molar-refractivity contribution in [3.8, 4) is 0 Å². The Kier molecular flexibility index (Phi) is 5.60. The molecule has 0 bridgehead atoms. The van der Waals surface area contributed by atoms with Gasteiger partial charge in [-0.25, -0.2) is 9.97 Å². The van der Waals surface area contributed by atoms with Crippen LogP contribution in [-0.2, 0) is 0 Å². The molecule has 1 amide bonds. The molecular formula is C17H25N7O. The van der Waals surface area contributed by atoms with E-state index in [0.717, 1.165) is 44.4 Å². The van der Waals surface area contributed by atoms with E-state index >= 15 is 0 Å². The molecule has 2 N–H and O–H groups in total. The largest absolute Gasteiger partial charge is 0.349 e. The molecule has 3 rings (SSSR count). The number of rotatable bonds is 6. The SMILES string of the molecule is CC(C)c1cc(C(=O)NCCN2CCN(c3ncccn3)CC2)n[nH]1. The lowest BCUT2D eigenvalue weighted by Crippen LogP contribution is -2.49. The molecule has 0 unspecified atom stereocenters. The lowest BCUT2D eigenvalue weighted by molar-refractivity contribution is 0.0942. The van der Waals surface area contributed by atoms with Crippen molar-refractivity contribution < 1.29 is 4.79 Å². The highest BCUT2D eigenvalue weighted by molar-refractivity contribution is 5.92. The highest BCUT2D eigenvalue weighted by Gasteiger charge is 2.19. The molecule has 1 saturated heterocycles. The van der Waals surface area contributed by atoms with E-state index in [2.05, 4.69) is 49.1 Å². The Hall–Kier alpha value is -2.48. The van der Waals surface area contributed by atoms with Gasteiger partial charge in [-0.1, -0.05) is 13.8 Å². The van der Waals surface area contributed by atoms with Gasteiger partial charge in [0.15, 0.2) is 0 Å². The smallest absolute Gasteiger partial charge is 0.271 e. The average molecular weight is 343 g/mol. The first kappa shape index (κ1) is 17.3. The van der Waals surface area contributed by atoms with Crippen molar-refractivity contribution in [2.75, 3.05) is 44.2 Å². The van der Waals surface area contributed by atoms with E-state index in [0.29, 0.717) is 18.2 Å². The Morgan fingerprint density at radius 1 is 1.24 bits per heavy atom. The van der Waals surface area contributed by atoms with Crippen molar-refractivity contribution >= 4 is 11.9 Å².